The van der Waals surface area contributed by atoms with Crippen molar-refractivity contribution in [3.05, 3.63) is 140 Å². The van der Waals surface area contributed by atoms with Gasteiger partial charge in [-0.3, -0.25) is 0 Å². The van der Waals surface area contributed by atoms with Gasteiger partial charge in [-0.15, -0.1) is 0 Å². The number of hydrogen-bond acceptors (Lipinski definition) is 2. The molecule has 168 valence electrons. The second-order valence-electron chi connectivity index (χ2n) is 8.08. The fourth-order valence-corrected chi connectivity index (χ4v) is 8.35. The van der Waals surface area contributed by atoms with Gasteiger partial charge in [0.1, 0.15) is 0 Å². The van der Waals surface area contributed by atoms with Crippen LogP contribution in [0.15, 0.2) is 140 Å². The Hall–Kier alpha value is -3.87. The predicted molar refractivity (Wildman–Crippen MR) is 146 cm³/mol. The first-order chi connectivity index (χ1) is 16.8. The van der Waals surface area contributed by atoms with Crippen LogP contribution in [0, 0.1) is 0 Å². The average molecular weight is 463 g/mol. The summed E-state index contributed by atoms with van der Waals surface area (Å²) in [6.07, 6.45) is 0. The van der Waals surface area contributed by atoms with Crippen LogP contribution >= 0.6 is 7.49 Å². The van der Waals surface area contributed by atoms with Gasteiger partial charge < -0.3 is 0 Å². The van der Waals surface area contributed by atoms with Crippen molar-refractivity contribution < 1.29 is 9.26 Å². The Kier molecular flexibility index (Phi) is 6.42. The number of hydrogen-bond donors (Lipinski definition) is 0. The van der Waals surface area contributed by atoms with Gasteiger partial charge in [-0.2, -0.15) is 0 Å². The number of benzene rings is 5. The van der Waals surface area contributed by atoms with Gasteiger partial charge in [0.25, 0.3) is 0 Å². The number of ether oxygens (including phenoxy) is 1. The molecule has 0 saturated heterocycles. The Balaban J connectivity index is 1.81. The van der Waals surface area contributed by atoms with Crippen LogP contribution < -0.4 is 25.2 Å². The summed E-state index contributed by atoms with van der Waals surface area (Å²) in [6, 6.07) is 48.2. The van der Waals surface area contributed by atoms with Crippen LogP contribution in [0.3, 0.4) is 0 Å². The zero-order valence-corrected chi connectivity index (χ0v) is 20.1. The van der Waals surface area contributed by atoms with Crippen LogP contribution in [0.5, 0.6) is 11.5 Å². The van der Waals surface area contributed by atoms with Crippen molar-refractivity contribution in [2.45, 2.75) is 0 Å². The van der Waals surface area contributed by atoms with E-state index in [4.69, 9.17) is 9.26 Å². The molecule has 0 saturated carbocycles. The molecule has 5 aromatic rings. The Bertz CT molecular complexity index is 1240. The van der Waals surface area contributed by atoms with E-state index >= 15 is 0 Å². The Morgan fingerprint density at radius 3 is 1.29 bits per heavy atom. The Labute approximate surface area is 201 Å². The Morgan fingerprint density at radius 1 is 0.441 bits per heavy atom. The summed E-state index contributed by atoms with van der Waals surface area (Å²) in [4.78, 5) is 0. The van der Waals surface area contributed by atoms with Crippen LogP contribution in [0.1, 0.15) is 0 Å². The molecule has 0 heterocycles. The maximum absolute atomic E-state index is 7.35. The SMILES string of the molecule is COc1cccc(O[PH](c2ccccc2)(c2ccccc2)c2ccccc2)c1-c1ccccc1. The molecule has 5 rings (SSSR count). The van der Waals surface area contributed by atoms with E-state index in [1.54, 1.807) is 7.11 Å². The van der Waals surface area contributed by atoms with Crippen LogP contribution in [-0.2, 0) is 0 Å². The van der Waals surface area contributed by atoms with Gasteiger partial charge in [0.2, 0.25) is 0 Å². The molecule has 0 aliphatic heterocycles. The van der Waals surface area contributed by atoms with Gasteiger partial charge in [-0.05, 0) is 0 Å². The van der Waals surface area contributed by atoms with Gasteiger partial charge in [-0.25, -0.2) is 0 Å². The molecule has 2 nitrogen and oxygen atoms in total. The molecule has 0 aliphatic rings. The fourth-order valence-electron chi connectivity index (χ4n) is 4.52. The molecule has 0 amide bonds. The second kappa shape index (κ2) is 9.95. The summed E-state index contributed by atoms with van der Waals surface area (Å²) in [6.45, 7) is 0. The molecular weight excluding hydrogens is 435 g/mol. The number of methoxy groups -OCH3 is 1. The van der Waals surface area contributed by atoms with E-state index in [1.165, 1.54) is 15.9 Å². The zero-order valence-electron chi connectivity index (χ0n) is 19.1. The zero-order chi connectivity index (χ0) is 23.2. The molecule has 0 N–H and O–H groups in total. The summed E-state index contributed by atoms with van der Waals surface area (Å²) in [5.41, 5.74) is 2.03. The first-order valence-corrected chi connectivity index (χ1v) is 13.3. The van der Waals surface area contributed by atoms with Crippen molar-refractivity contribution >= 4 is 23.4 Å². The van der Waals surface area contributed by atoms with Crippen molar-refractivity contribution in [2.75, 3.05) is 7.11 Å². The number of rotatable bonds is 7. The molecule has 0 aromatic heterocycles. The predicted octanol–water partition coefficient (Wildman–Crippen LogP) is 6.38. The van der Waals surface area contributed by atoms with Gasteiger partial charge >= 0.3 is 202 Å². The molecule has 0 unspecified atom stereocenters. The third kappa shape index (κ3) is 4.09. The van der Waals surface area contributed by atoms with E-state index in [2.05, 4.69) is 109 Å². The molecule has 0 atom stereocenters. The van der Waals surface area contributed by atoms with Crippen LogP contribution in [0.4, 0.5) is 0 Å². The van der Waals surface area contributed by atoms with Gasteiger partial charge in [0.05, 0.1) is 0 Å². The quantitative estimate of drug-likeness (QED) is 0.261. The van der Waals surface area contributed by atoms with Crippen molar-refractivity contribution in [1.29, 1.82) is 0 Å². The van der Waals surface area contributed by atoms with E-state index < -0.39 is 7.49 Å². The molecule has 3 heteroatoms. The van der Waals surface area contributed by atoms with Crippen LogP contribution in [-0.4, -0.2) is 7.11 Å². The molecule has 0 aliphatic carbocycles. The van der Waals surface area contributed by atoms with Gasteiger partial charge in [0.15, 0.2) is 0 Å². The molecule has 0 bridgehead atoms. The molecule has 0 fully saturated rings. The molecule has 0 spiro atoms. The first kappa shape index (κ1) is 21.9. The van der Waals surface area contributed by atoms with Crippen molar-refractivity contribution in [2.24, 2.45) is 0 Å². The average Bonchev–Trinajstić information content (AvgIpc) is 2.93. The van der Waals surface area contributed by atoms with E-state index in [9.17, 15) is 0 Å². The molecule has 5 aromatic carbocycles. The summed E-state index contributed by atoms with van der Waals surface area (Å²) in [5, 5.41) is 3.57. The fraction of sp³-hybridized carbons (Fsp3) is 0.0323. The normalized spacial score (nSPS) is 11.6. The Morgan fingerprint density at radius 2 is 0.853 bits per heavy atom. The van der Waals surface area contributed by atoms with E-state index in [1.807, 2.05) is 30.3 Å². The molecule has 34 heavy (non-hydrogen) atoms. The summed E-state index contributed by atoms with van der Waals surface area (Å²) < 4.78 is 13.2. The maximum atomic E-state index is 7.35. The first-order valence-electron chi connectivity index (χ1n) is 11.4. The van der Waals surface area contributed by atoms with Crippen LogP contribution in [0.25, 0.3) is 11.1 Å². The minimum atomic E-state index is -2.92. The van der Waals surface area contributed by atoms with E-state index in [-0.39, 0.29) is 0 Å². The molecular formula is C31H27O2P. The molecule has 0 radical (unpaired) electrons. The van der Waals surface area contributed by atoms with E-state index in [0.717, 1.165) is 22.6 Å². The second-order valence-corrected chi connectivity index (χ2v) is 11.4. The summed E-state index contributed by atoms with van der Waals surface area (Å²) in [7, 11) is -1.21. The monoisotopic (exact) mass is 462 g/mol. The third-order valence-corrected chi connectivity index (χ3v) is 10.0. The van der Waals surface area contributed by atoms with Crippen molar-refractivity contribution in [1.82, 2.24) is 0 Å². The van der Waals surface area contributed by atoms with Crippen molar-refractivity contribution in [3.8, 4) is 22.6 Å². The minimum absolute atomic E-state index is 0.792. The van der Waals surface area contributed by atoms with Crippen LogP contribution in [0.2, 0.25) is 0 Å². The van der Waals surface area contributed by atoms with E-state index in [0.29, 0.717) is 0 Å². The third-order valence-electron chi connectivity index (χ3n) is 6.07. The van der Waals surface area contributed by atoms with Crippen molar-refractivity contribution in [3.63, 3.8) is 0 Å². The van der Waals surface area contributed by atoms with Gasteiger partial charge in [-0.1, -0.05) is 0 Å². The standard InChI is InChI=1S/C31H27O2P/c1-32-29-23-14-24-30(31(29)25-15-6-2-7-16-25)33-34(26-17-8-3-9-18-26,27-19-10-4-11-20-27)28-21-12-5-13-22-28/h2-24,34H,1H3. The topological polar surface area (TPSA) is 18.5 Å². The van der Waals surface area contributed by atoms with Gasteiger partial charge in [0, 0.05) is 0 Å². The summed E-state index contributed by atoms with van der Waals surface area (Å²) >= 11 is 0. The summed E-state index contributed by atoms with van der Waals surface area (Å²) in [5.74, 6) is 1.61.